The topological polar surface area (TPSA) is 72.9 Å². The Hall–Kier alpha value is -2.86. The van der Waals surface area contributed by atoms with E-state index in [9.17, 15) is 14.7 Å². The monoisotopic (exact) mass is 489 g/mol. The number of aliphatic hydroxyl groups excluding tert-OH is 1. The van der Waals surface area contributed by atoms with E-state index in [0.717, 1.165) is 75.6 Å². The summed E-state index contributed by atoms with van der Waals surface area (Å²) < 4.78 is 0. The molecular formula is C30H39N3O3. The minimum Gasteiger partial charge on any atom is -0.394 e. The highest BCUT2D eigenvalue weighted by Crippen LogP contribution is 2.39. The van der Waals surface area contributed by atoms with Gasteiger partial charge in [-0.3, -0.25) is 4.79 Å². The number of hydrogen-bond donors (Lipinski definition) is 2. The Bertz CT molecular complexity index is 1020. The number of benzene rings is 2. The Balaban J connectivity index is 1.25. The number of urea groups is 1. The number of nitrogens with one attached hydrogen (secondary N) is 1. The highest BCUT2D eigenvalue weighted by Gasteiger charge is 2.36. The standard InChI is InChI=1S/C30H39N3O3/c34-21-28(24-8-2-1-3-9-24)31-29(35)27-11-5-4-10-26(27)23-14-12-22(13-15-23)20-33(25-16-17-25)30(36)32-18-6-7-19-32/h1-3,8-9,12-15,25-28,34H,4-7,10-11,16-21H2,(H,31,35). The van der Waals surface area contributed by atoms with Crippen molar-refractivity contribution in [1.29, 1.82) is 0 Å². The first-order chi connectivity index (χ1) is 17.6. The lowest BCUT2D eigenvalue weighted by molar-refractivity contribution is -0.127. The van der Waals surface area contributed by atoms with Crippen LogP contribution in [0.3, 0.4) is 0 Å². The van der Waals surface area contributed by atoms with E-state index < -0.39 is 0 Å². The van der Waals surface area contributed by atoms with Gasteiger partial charge < -0.3 is 20.2 Å². The largest absolute Gasteiger partial charge is 0.394 e. The van der Waals surface area contributed by atoms with Crippen LogP contribution in [0.1, 0.15) is 80.0 Å². The summed E-state index contributed by atoms with van der Waals surface area (Å²) in [5.74, 6) is 0.110. The van der Waals surface area contributed by atoms with E-state index in [1.165, 1.54) is 5.56 Å². The van der Waals surface area contributed by atoms with Gasteiger partial charge in [0.05, 0.1) is 12.6 Å². The van der Waals surface area contributed by atoms with Crippen LogP contribution >= 0.6 is 0 Å². The second kappa shape index (κ2) is 11.5. The van der Waals surface area contributed by atoms with Gasteiger partial charge in [-0.15, -0.1) is 0 Å². The van der Waals surface area contributed by atoms with Crippen molar-refractivity contribution in [2.24, 2.45) is 5.92 Å². The maximum Gasteiger partial charge on any atom is 0.320 e. The molecule has 1 saturated heterocycles. The third kappa shape index (κ3) is 5.75. The zero-order valence-electron chi connectivity index (χ0n) is 21.1. The van der Waals surface area contributed by atoms with E-state index in [0.29, 0.717) is 12.6 Å². The zero-order valence-corrected chi connectivity index (χ0v) is 21.1. The van der Waals surface area contributed by atoms with Crippen LogP contribution in [0.15, 0.2) is 54.6 Å². The van der Waals surface area contributed by atoms with Crippen LogP contribution in [-0.2, 0) is 11.3 Å². The van der Waals surface area contributed by atoms with Crippen molar-refractivity contribution in [3.8, 4) is 0 Å². The van der Waals surface area contributed by atoms with E-state index in [1.807, 2.05) is 35.2 Å². The molecule has 3 atom stereocenters. The Kier molecular flexibility index (Phi) is 7.90. The zero-order chi connectivity index (χ0) is 24.9. The molecule has 5 rings (SSSR count). The van der Waals surface area contributed by atoms with Gasteiger partial charge in [-0.05, 0) is 61.1 Å². The number of aliphatic hydroxyl groups is 1. The SMILES string of the molecule is O=C(NC(CO)c1ccccc1)C1CCCCC1c1ccc(CN(C(=O)N2CCCC2)C2CC2)cc1. The van der Waals surface area contributed by atoms with Gasteiger partial charge in [0.1, 0.15) is 0 Å². The minimum atomic E-state index is -0.384. The van der Waals surface area contributed by atoms with Gasteiger partial charge in [-0.2, -0.15) is 0 Å². The fraction of sp³-hybridized carbons (Fsp3) is 0.533. The molecule has 2 N–H and O–H groups in total. The Morgan fingerprint density at radius 3 is 2.28 bits per heavy atom. The van der Waals surface area contributed by atoms with Crippen molar-refractivity contribution in [3.63, 3.8) is 0 Å². The molecule has 0 radical (unpaired) electrons. The number of rotatable bonds is 8. The van der Waals surface area contributed by atoms with Gasteiger partial charge in [-0.25, -0.2) is 4.79 Å². The molecule has 192 valence electrons. The van der Waals surface area contributed by atoms with Crippen LogP contribution in [0.5, 0.6) is 0 Å². The summed E-state index contributed by atoms with van der Waals surface area (Å²) in [7, 11) is 0. The molecule has 0 bridgehead atoms. The molecule has 3 amide bonds. The third-order valence-electron chi connectivity index (χ3n) is 8.17. The first-order valence-corrected chi connectivity index (χ1v) is 13.7. The van der Waals surface area contributed by atoms with Gasteiger partial charge in [0.15, 0.2) is 0 Å². The maximum atomic E-state index is 13.3. The second-order valence-corrected chi connectivity index (χ2v) is 10.7. The van der Waals surface area contributed by atoms with Crippen molar-refractivity contribution >= 4 is 11.9 Å². The smallest absolute Gasteiger partial charge is 0.320 e. The van der Waals surface area contributed by atoms with Gasteiger partial charge in [0.25, 0.3) is 0 Å². The second-order valence-electron chi connectivity index (χ2n) is 10.7. The highest BCUT2D eigenvalue weighted by atomic mass is 16.3. The lowest BCUT2D eigenvalue weighted by Crippen LogP contribution is -2.42. The summed E-state index contributed by atoms with van der Waals surface area (Å²) in [6.07, 6.45) is 8.47. The first-order valence-electron chi connectivity index (χ1n) is 13.7. The average molecular weight is 490 g/mol. The summed E-state index contributed by atoms with van der Waals surface area (Å²) in [6, 6.07) is 18.5. The lowest BCUT2D eigenvalue weighted by Gasteiger charge is -2.32. The molecule has 2 aliphatic carbocycles. The maximum absolute atomic E-state index is 13.3. The number of likely N-dealkylation sites (tertiary alicyclic amines) is 1. The number of carbonyl (C=O) groups excluding carboxylic acids is 2. The van der Waals surface area contributed by atoms with Gasteiger partial charge in [-0.1, -0.05) is 67.4 Å². The van der Waals surface area contributed by atoms with Crippen molar-refractivity contribution in [3.05, 3.63) is 71.3 Å². The molecule has 0 aromatic heterocycles. The van der Waals surface area contributed by atoms with E-state index in [4.69, 9.17) is 0 Å². The summed E-state index contributed by atoms with van der Waals surface area (Å²) >= 11 is 0. The molecule has 36 heavy (non-hydrogen) atoms. The molecule has 2 saturated carbocycles. The molecule has 2 aromatic rings. The summed E-state index contributed by atoms with van der Waals surface area (Å²) in [6.45, 7) is 2.31. The van der Waals surface area contributed by atoms with Gasteiger partial charge >= 0.3 is 6.03 Å². The molecule has 1 aliphatic heterocycles. The number of hydrogen-bond acceptors (Lipinski definition) is 3. The summed E-state index contributed by atoms with van der Waals surface area (Å²) in [5.41, 5.74) is 3.27. The lowest BCUT2D eigenvalue weighted by atomic mass is 9.74. The van der Waals surface area contributed by atoms with Crippen LogP contribution in [0.25, 0.3) is 0 Å². The van der Waals surface area contributed by atoms with Crippen LogP contribution < -0.4 is 5.32 Å². The molecule has 3 aliphatic rings. The van der Waals surface area contributed by atoms with Crippen LogP contribution in [-0.4, -0.2) is 52.6 Å². The quantitative estimate of drug-likeness (QED) is 0.549. The minimum absolute atomic E-state index is 0.0304. The Morgan fingerprint density at radius 1 is 0.917 bits per heavy atom. The summed E-state index contributed by atoms with van der Waals surface area (Å²) in [4.78, 5) is 30.5. The van der Waals surface area contributed by atoms with E-state index in [-0.39, 0.29) is 36.4 Å². The first kappa shape index (κ1) is 24.8. The van der Waals surface area contributed by atoms with Gasteiger partial charge in [0, 0.05) is 31.6 Å². The van der Waals surface area contributed by atoms with Crippen molar-refractivity contribution in [1.82, 2.24) is 15.1 Å². The molecule has 0 spiro atoms. The van der Waals surface area contributed by atoms with Crippen LogP contribution in [0.2, 0.25) is 0 Å². The van der Waals surface area contributed by atoms with Crippen molar-refractivity contribution in [2.75, 3.05) is 19.7 Å². The van der Waals surface area contributed by atoms with Crippen LogP contribution in [0, 0.1) is 5.92 Å². The van der Waals surface area contributed by atoms with E-state index in [2.05, 4.69) is 34.5 Å². The fourth-order valence-corrected chi connectivity index (χ4v) is 5.94. The Morgan fingerprint density at radius 2 is 1.61 bits per heavy atom. The van der Waals surface area contributed by atoms with Crippen molar-refractivity contribution in [2.45, 2.75) is 75.9 Å². The molecule has 6 nitrogen and oxygen atoms in total. The molecule has 3 fully saturated rings. The van der Waals surface area contributed by atoms with E-state index >= 15 is 0 Å². The summed E-state index contributed by atoms with van der Waals surface area (Å²) in [5, 5.41) is 13.0. The Labute approximate surface area is 214 Å². The van der Waals surface area contributed by atoms with Crippen molar-refractivity contribution < 1.29 is 14.7 Å². The predicted octanol–water partition coefficient (Wildman–Crippen LogP) is 4.99. The molecule has 2 aromatic carbocycles. The number of nitrogens with zero attached hydrogens (tertiary/aromatic N) is 2. The van der Waals surface area contributed by atoms with E-state index in [1.54, 1.807) is 0 Å². The van der Waals surface area contributed by atoms with Crippen LogP contribution in [0.4, 0.5) is 4.79 Å². The highest BCUT2D eigenvalue weighted by molar-refractivity contribution is 5.80. The molecular weight excluding hydrogens is 450 g/mol. The molecule has 3 unspecified atom stereocenters. The number of carbonyl (C=O) groups is 2. The fourth-order valence-electron chi connectivity index (χ4n) is 5.94. The molecule has 6 heteroatoms. The average Bonchev–Trinajstić information content (AvgIpc) is 3.62. The predicted molar refractivity (Wildman–Crippen MR) is 140 cm³/mol. The normalized spacial score (nSPS) is 22.8. The third-order valence-corrected chi connectivity index (χ3v) is 8.17. The van der Waals surface area contributed by atoms with Gasteiger partial charge in [0.2, 0.25) is 5.91 Å². The molecule has 1 heterocycles. The number of amides is 3.